The molecule has 0 aromatic rings. The van der Waals surface area contributed by atoms with Gasteiger partial charge in [0.25, 0.3) is 0 Å². The normalized spacial score (nSPS) is 21.3. The summed E-state index contributed by atoms with van der Waals surface area (Å²) < 4.78 is 5.37. The van der Waals surface area contributed by atoms with Gasteiger partial charge in [0.2, 0.25) is 0 Å². The van der Waals surface area contributed by atoms with Crippen LogP contribution >= 0.6 is 24.0 Å². The number of nitrogens with zero attached hydrogens (tertiary/aromatic N) is 3. The fourth-order valence-electron chi connectivity index (χ4n) is 3.54. The number of ether oxygens (including phenoxy) is 1. The lowest BCUT2D eigenvalue weighted by atomic mass is 10.1. The van der Waals surface area contributed by atoms with Crippen LogP contribution in [-0.2, 0) is 4.74 Å². The van der Waals surface area contributed by atoms with Crippen LogP contribution in [0.15, 0.2) is 16.6 Å². The molecule has 1 atom stereocenters. The number of nitrogens with one attached hydrogen (secondary N) is 1. The van der Waals surface area contributed by atoms with Crippen LogP contribution in [0.1, 0.15) is 40.0 Å². The molecule has 1 unspecified atom stereocenters. The Labute approximate surface area is 171 Å². The highest BCUT2D eigenvalue weighted by molar-refractivity contribution is 14.0. The molecule has 0 bridgehead atoms. The molecule has 2 rings (SSSR count). The van der Waals surface area contributed by atoms with Gasteiger partial charge in [-0.25, -0.2) is 0 Å². The van der Waals surface area contributed by atoms with Crippen LogP contribution in [-0.4, -0.2) is 74.8 Å². The Balaban J connectivity index is 0.00000312. The molecule has 0 spiro atoms. The zero-order valence-corrected chi connectivity index (χ0v) is 18.6. The van der Waals surface area contributed by atoms with Crippen molar-refractivity contribution in [2.45, 2.75) is 40.0 Å². The lowest BCUT2D eigenvalue weighted by Crippen LogP contribution is -2.41. The fourth-order valence-corrected chi connectivity index (χ4v) is 3.54. The van der Waals surface area contributed by atoms with Crippen LogP contribution in [0, 0.1) is 5.92 Å². The third-order valence-corrected chi connectivity index (χ3v) is 5.08. The van der Waals surface area contributed by atoms with Crippen molar-refractivity contribution >= 4 is 29.9 Å². The first-order chi connectivity index (χ1) is 11.8. The third kappa shape index (κ3) is 7.83. The molecule has 0 aliphatic carbocycles. The predicted octanol–water partition coefficient (Wildman–Crippen LogP) is 2.97. The number of halogens is 1. The molecular formula is C19H37IN4O. The average molecular weight is 464 g/mol. The van der Waals surface area contributed by atoms with E-state index in [1.807, 2.05) is 0 Å². The Bertz CT molecular complexity index is 424. The van der Waals surface area contributed by atoms with E-state index in [-0.39, 0.29) is 24.0 Å². The highest BCUT2D eigenvalue weighted by Crippen LogP contribution is 2.18. The zero-order chi connectivity index (χ0) is 17.2. The molecule has 2 aliphatic heterocycles. The molecule has 2 aliphatic rings. The SMILES string of the molecule is CCNC(=NCCC1=CCOCC1)N1CCC(CN(CC)CC)C1.I. The van der Waals surface area contributed by atoms with Gasteiger partial charge in [-0.15, -0.1) is 24.0 Å². The number of hydrogen-bond donors (Lipinski definition) is 1. The summed E-state index contributed by atoms with van der Waals surface area (Å²) in [7, 11) is 0. The molecule has 5 nitrogen and oxygen atoms in total. The number of rotatable bonds is 8. The van der Waals surface area contributed by atoms with Crippen molar-refractivity contribution in [1.29, 1.82) is 0 Å². The van der Waals surface area contributed by atoms with Gasteiger partial charge >= 0.3 is 0 Å². The van der Waals surface area contributed by atoms with Crippen molar-refractivity contribution in [3.63, 3.8) is 0 Å². The average Bonchev–Trinajstić information content (AvgIpc) is 3.08. The second-order valence-electron chi connectivity index (χ2n) is 6.76. The van der Waals surface area contributed by atoms with Gasteiger partial charge in [0.1, 0.15) is 0 Å². The van der Waals surface area contributed by atoms with Crippen molar-refractivity contribution in [1.82, 2.24) is 15.1 Å². The van der Waals surface area contributed by atoms with E-state index in [9.17, 15) is 0 Å². The highest BCUT2D eigenvalue weighted by Gasteiger charge is 2.25. The molecule has 6 heteroatoms. The molecule has 1 fully saturated rings. The van der Waals surface area contributed by atoms with Gasteiger partial charge in [0.15, 0.2) is 5.96 Å². The summed E-state index contributed by atoms with van der Waals surface area (Å²) in [5, 5.41) is 3.48. The molecule has 1 N–H and O–H groups in total. The van der Waals surface area contributed by atoms with Gasteiger partial charge < -0.3 is 19.9 Å². The lowest BCUT2D eigenvalue weighted by molar-refractivity contribution is 0.153. The molecule has 2 heterocycles. The van der Waals surface area contributed by atoms with Crippen molar-refractivity contribution in [3.8, 4) is 0 Å². The topological polar surface area (TPSA) is 40.1 Å². The fraction of sp³-hybridized carbons (Fsp3) is 0.842. The Kier molecular flexibility index (Phi) is 11.7. The van der Waals surface area contributed by atoms with E-state index in [0.29, 0.717) is 0 Å². The van der Waals surface area contributed by atoms with Crippen LogP contribution in [0.5, 0.6) is 0 Å². The number of guanidine groups is 1. The molecular weight excluding hydrogens is 427 g/mol. The van der Waals surface area contributed by atoms with Gasteiger partial charge in [-0.2, -0.15) is 0 Å². The monoisotopic (exact) mass is 464 g/mol. The maximum Gasteiger partial charge on any atom is 0.193 e. The van der Waals surface area contributed by atoms with Crippen molar-refractivity contribution < 1.29 is 4.74 Å². The van der Waals surface area contributed by atoms with Gasteiger partial charge in [0.05, 0.1) is 13.2 Å². The minimum absolute atomic E-state index is 0. The van der Waals surface area contributed by atoms with Crippen molar-refractivity contribution in [2.24, 2.45) is 10.9 Å². The van der Waals surface area contributed by atoms with Crippen LogP contribution in [0.4, 0.5) is 0 Å². The van der Waals surface area contributed by atoms with Crippen molar-refractivity contribution in [2.75, 3.05) is 59.0 Å². The third-order valence-electron chi connectivity index (χ3n) is 5.08. The summed E-state index contributed by atoms with van der Waals surface area (Å²) in [4.78, 5) is 9.87. The minimum Gasteiger partial charge on any atom is -0.377 e. The molecule has 0 aromatic heterocycles. The first kappa shape index (κ1) is 22.7. The molecule has 25 heavy (non-hydrogen) atoms. The number of aliphatic imine (C=N–C) groups is 1. The summed E-state index contributed by atoms with van der Waals surface area (Å²) >= 11 is 0. The maximum atomic E-state index is 5.37. The maximum absolute atomic E-state index is 5.37. The van der Waals surface area contributed by atoms with Crippen LogP contribution < -0.4 is 5.32 Å². The molecule has 146 valence electrons. The van der Waals surface area contributed by atoms with E-state index in [2.05, 4.69) is 42.0 Å². The van der Waals surface area contributed by atoms with Gasteiger partial charge in [-0.3, -0.25) is 4.99 Å². The molecule has 0 aromatic carbocycles. The lowest BCUT2D eigenvalue weighted by Gasteiger charge is -2.24. The summed E-state index contributed by atoms with van der Waals surface area (Å²) in [6.07, 6.45) is 5.64. The Morgan fingerprint density at radius 3 is 2.80 bits per heavy atom. The van der Waals surface area contributed by atoms with Crippen LogP contribution in [0.2, 0.25) is 0 Å². The van der Waals surface area contributed by atoms with E-state index in [0.717, 1.165) is 77.2 Å². The van der Waals surface area contributed by atoms with Gasteiger partial charge in [-0.1, -0.05) is 25.5 Å². The van der Waals surface area contributed by atoms with Crippen LogP contribution in [0.3, 0.4) is 0 Å². The summed E-state index contributed by atoms with van der Waals surface area (Å²) in [6.45, 7) is 15.9. The van der Waals surface area contributed by atoms with E-state index >= 15 is 0 Å². The zero-order valence-electron chi connectivity index (χ0n) is 16.3. The molecule has 0 saturated carbocycles. The molecule has 0 amide bonds. The first-order valence-electron chi connectivity index (χ1n) is 9.78. The first-order valence-corrected chi connectivity index (χ1v) is 9.78. The summed E-state index contributed by atoms with van der Waals surface area (Å²) in [5.74, 6) is 1.87. The predicted molar refractivity (Wildman–Crippen MR) is 117 cm³/mol. The quantitative estimate of drug-likeness (QED) is 0.260. The Morgan fingerprint density at radius 2 is 2.16 bits per heavy atom. The Morgan fingerprint density at radius 1 is 1.36 bits per heavy atom. The summed E-state index contributed by atoms with van der Waals surface area (Å²) in [5.41, 5.74) is 1.50. The molecule has 1 saturated heterocycles. The van der Waals surface area contributed by atoms with Gasteiger partial charge in [-0.05, 0) is 45.2 Å². The standard InChI is InChI=1S/C19H36N4O.HI/c1-4-20-19(21-11-7-17-9-13-24-14-10-17)23-12-8-18(16-23)15-22(5-2)6-3;/h9,18H,4-8,10-16H2,1-3H3,(H,20,21);1H. The summed E-state index contributed by atoms with van der Waals surface area (Å²) in [6, 6.07) is 0. The Hall–Kier alpha value is -0.340. The number of likely N-dealkylation sites (tertiary alicyclic amines) is 1. The van der Waals surface area contributed by atoms with Crippen LogP contribution in [0.25, 0.3) is 0 Å². The smallest absolute Gasteiger partial charge is 0.193 e. The van der Waals surface area contributed by atoms with Crippen molar-refractivity contribution in [3.05, 3.63) is 11.6 Å². The van der Waals surface area contributed by atoms with E-state index in [4.69, 9.17) is 9.73 Å². The van der Waals surface area contributed by atoms with E-state index < -0.39 is 0 Å². The second kappa shape index (κ2) is 12.9. The minimum atomic E-state index is 0. The molecule has 0 radical (unpaired) electrons. The number of hydrogen-bond acceptors (Lipinski definition) is 3. The van der Waals surface area contributed by atoms with Gasteiger partial charge in [0, 0.05) is 32.7 Å². The van der Waals surface area contributed by atoms with E-state index in [1.165, 1.54) is 18.5 Å². The van der Waals surface area contributed by atoms with E-state index in [1.54, 1.807) is 0 Å². The second-order valence-corrected chi connectivity index (χ2v) is 6.76. The highest BCUT2D eigenvalue weighted by atomic mass is 127. The largest absolute Gasteiger partial charge is 0.377 e.